The van der Waals surface area contributed by atoms with Crippen molar-refractivity contribution in [3.8, 4) is 11.5 Å². The van der Waals surface area contributed by atoms with Crippen LogP contribution < -0.4 is 9.47 Å². The Kier molecular flexibility index (Phi) is 5.59. The predicted molar refractivity (Wildman–Crippen MR) is 92.2 cm³/mol. The molecule has 1 aliphatic heterocycles. The number of barbiturate groups is 1. The van der Waals surface area contributed by atoms with Crippen LogP contribution in [0.4, 0.5) is 4.79 Å². The van der Waals surface area contributed by atoms with Crippen molar-refractivity contribution in [3.05, 3.63) is 42.0 Å². The summed E-state index contributed by atoms with van der Waals surface area (Å²) in [5.41, 5.74) is 0.495. The Hall–Kier alpha value is -3.09. The molecule has 4 amide bonds. The van der Waals surface area contributed by atoms with Gasteiger partial charge in [0.2, 0.25) is 0 Å². The van der Waals surface area contributed by atoms with E-state index in [0.717, 1.165) is 9.80 Å². The van der Waals surface area contributed by atoms with Crippen molar-refractivity contribution >= 4 is 23.9 Å². The first kappa shape index (κ1) is 18.3. The molecule has 1 heterocycles. The molecule has 0 unspecified atom stereocenters. The van der Waals surface area contributed by atoms with Crippen LogP contribution in [0, 0.1) is 0 Å². The highest BCUT2D eigenvalue weighted by Crippen LogP contribution is 2.30. The minimum Gasteiger partial charge on any atom is -0.490 e. The van der Waals surface area contributed by atoms with E-state index in [0.29, 0.717) is 30.3 Å². The van der Waals surface area contributed by atoms with E-state index in [9.17, 15) is 14.4 Å². The molecule has 0 spiro atoms. The maximum absolute atomic E-state index is 12.2. The normalized spacial score (nSPS) is 14.7. The molecule has 0 aliphatic carbocycles. The van der Waals surface area contributed by atoms with E-state index >= 15 is 0 Å². The van der Waals surface area contributed by atoms with Crippen molar-refractivity contribution in [3.63, 3.8) is 0 Å². The lowest BCUT2D eigenvalue weighted by Gasteiger charge is -2.28. The Labute approximate surface area is 146 Å². The molecule has 0 aromatic heterocycles. The Bertz CT molecular complexity index is 728. The average Bonchev–Trinajstić information content (AvgIpc) is 2.61. The number of likely N-dealkylation sites (N-methyl/N-ethyl adjacent to an activating group) is 2. The zero-order chi connectivity index (χ0) is 18.6. The highest BCUT2D eigenvalue weighted by molar-refractivity contribution is 6.30. The molecule has 0 bridgehead atoms. The molecule has 2 rings (SSSR count). The lowest BCUT2D eigenvalue weighted by Crippen LogP contribution is -2.52. The average molecular weight is 344 g/mol. The molecule has 1 saturated heterocycles. The van der Waals surface area contributed by atoms with Gasteiger partial charge < -0.3 is 9.47 Å². The van der Waals surface area contributed by atoms with Gasteiger partial charge in [0, 0.05) is 14.1 Å². The number of hydrogen-bond donors (Lipinski definition) is 0. The number of nitrogens with zero attached hydrogens (tertiary/aromatic N) is 2. The molecule has 0 atom stereocenters. The summed E-state index contributed by atoms with van der Waals surface area (Å²) in [6, 6.07) is 4.41. The summed E-state index contributed by atoms with van der Waals surface area (Å²) in [5, 5.41) is 0. The fraction of sp³-hybridized carbons (Fsp3) is 0.278. The molecule has 0 N–H and O–H groups in total. The number of urea groups is 1. The number of amides is 4. The van der Waals surface area contributed by atoms with Crippen LogP contribution in [0.1, 0.15) is 12.5 Å². The van der Waals surface area contributed by atoms with Crippen LogP contribution in [-0.4, -0.2) is 55.0 Å². The summed E-state index contributed by atoms with van der Waals surface area (Å²) < 4.78 is 11.1. The molecule has 1 aliphatic rings. The standard InChI is InChI=1S/C18H20N2O5/c1-5-9-25-14-8-7-12(11-15(14)24-6-2)10-13-16(21)19(3)18(23)20(4)17(13)22/h5,7-8,10-11H,1,6,9H2,2-4H3. The van der Waals surface area contributed by atoms with Crippen LogP contribution >= 0.6 is 0 Å². The van der Waals surface area contributed by atoms with E-state index < -0.39 is 17.8 Å². The van der Waals surface area contributed by atoms with E-state index in [-0.39, 0.29) is 5.57 Å². The topological polar surface area (TPSA) is 76.2 Å². The molecule has 7 heteroatoms. The van der Waals surface area contributed by atoms with Gasteiger partial charge in [-0.2, -0.15) is 0 Å². The first-order chi connectivity index (χ1) is 11.9. The van der Waals surface area contributed by atoms with E-state index in [1.165, 1.54) is 20.2 Å². The maximum atomic E-state index is 12.2. The minimum absolute atomic E-state index is 0.0909. The van der Waals surface area contributed by atoms with Crippen molar-refractivity contribution < 1.29 is 23.9 Å². The highest BCUT2D eigenvalue weighted by Gasteiger charge is 2.37. The number of carbonyl (C=O) groups excluding carboxylic acids is 3. The van der Waals surface area contributed by atoms with Gasteiger partial charge in [-0.1, -0.05) is 18.7 Å². The molecule has 1 aromatic carbocycles. The fourth-order valence-electron chi connectivity index (χ4n) is 2.29. The van der Waals surface area contributed by atoms with Crippen LogP contribution in [0.25, 0.3) is 6.08 Å². The molecule has 0 radical (unpaired) electrons. The van der Waals surface area contributed by atoms with Gasteiger partial charge in [0.15, 0.2) is 11.5 Å². The van der Waals surface area contributed by atoms with Crippen LogP contribution in [0.15, 0.2) is 36.4 Å². The second kappa shape index (κ2) is 7.65. The number of ether oxygens (including phenoxy) is 2. The van der Waals surface area contributed by atoms with E-state index in [1.807, 2.05) is 6.92 Å². The van der Waals surface area contributed by atoms with Crippen molar-refractivity contribution in [2.75, 3.05) is 27.3 Å². The summed E-state index contributed by atoms with van der Waals surface area (Å²) >= 11 is 0. The minimum atomic E-state index is -0.657. The Balaban J connectivity index is 2.40. The third-order valence-electron chi connectivity index (χ3n) is 3.58. The molecule has 1 aromatic rings. The van der Waals surface area contributed by atoms with Gasteiger partial charge in [0.05, 0.1) is 6.61 Å². The molecule has 7 nitrogen and oxygen atoms in total. The third kappa shape index (κ3) is 3.71. The largest absolute Gasteiger partial charge is 0.490 e. The zero-order valence-electron chi connectivity index (χ0n) is 14.4. The van der Waals surface area contributed by atoms with Gasteiger partial charge in [-0.15, -0.1) is 0 Å². The molecular formula is C18H20N2O5. The van der Waals surface area contributed by atoms with Crippen molar-refractivity contribution in [1.29, 1.82) is 0 Å². The predicted octanol–water partition coefficient (Wildman–Crippen LogP) is 2.08. The maximum Gasteiger partial charge on any atom is 0.333 e. The van der Waals surface area contributed by atoms with Gasteiger partial charge in [0.1, 0.15) is 12.2 Å². The van der Waals surface area contributed by atoms with Gasteiger partial charge in [-0.05, 0) is 30.7 Å². The lowest BCUT2D eigenvalue weighted by molar-refractivity contribution is -0.134. The van der Waals surface area contributed by atoms with E-state index in [1.54, 1.807) is 24.3 Å². The zero-order valence-corrected chi connectivity index (χ0v) is 14.4. The number of hydrogen-bond acceptors (Lipinski definition) is 5. The summed E-state index contributed by atoms with van der Waals surface area (Å²) in [6.07, 6.45) is 3.05. The van der Waals surface area contributed by atoms with Crippen LogP contribution in [0.2, 0.25) is 0 Å². The first-order valence-electron chi connectivity index (χ1n) is 7.73. The summed E-state index contributed by atoms with van der Waals surface area (Å²) in [7, 11) is 2.67. The molecule has 0 saturated carbocycles. The second-order valence-corrected chi connectivity index (χ2v) is 5.31. The quantitative estimate of drug-likeness (QED) is 0.449. The third-order valence-corrected chi connectivity index (χ3v) is 3.58. The first-order valence-corrected chi connectivity index (χ1v) is 7.73. The molecule has 25 heavy (non-hydrogen) atoms. The molecular weight excluding hydrogens is 324 g/mol. The van der Waals surface area contributed by atoms with E-state index in [2.05, 4.69) is 6.58 Å². The Morgan fingerprint density at radius 2 is 1.68 bits per heavy atom. The molecule has 132 valence electrons. The second-order valence-electron chi connectivity index (χ2n) is 5.31. The van der Waals surface area contributed by atoms with Crippen LogP contribution in [-0.2, 0) is 9.59 Å². The monoisotopic (exact) mass is 344 g/mol. The number of carbonyl (C=O) groups is 3. The Morgan fingerprint density at radius 1 is 1.04 bits per heavy atom. The number of imide groups is 2. The van der Waals surface area contributed by atoms with E-state index in [4.69, 9.17) is 9.47 Å². The van der Waals surface area contributed by atoms with Crippen LogP contribution in [0.5, 0.6) is 11.5 Å². The van der Waals surface area contributed by atoms with Crippen molar-refractivity contribution in [2.24, 2.45) is 0 Å². The van der Waals surface area contributed by atoms with Gasteiger partial charge in [-0.3, -0.25) is 19.4 Å². The van der Waals surface area contributed by atoms with Crippen molar-refractivity contribution in [1.82, 2.24) is 9.80 Å². The smallest absolute Gasteiger partial charge is 0.333 e. The summed E-state index contributed by atoms with van der Waals surface area (Å²) in [5.74, 6) is -0.252. The van der Waals surface area contributed by atoms with Gasteiger partial charge >= 0.3 is 6.03 Å². The van der Waals surface area contributed by atoms with Gasteiger partial charge in [-0.25, -0.2) is 4.79 Å². The summed E-state index contributed by atoms with van der Waals surface area (Å²) in [6.45, 7) is 6.20. The van der Waals surface area contributed by atoms with Crippen molar-refractivity contribution in [2.45, 2.75) is 6.92 Å². The summed E-state index contributed by atoms with van der Waals surface area (Å²) in [4.78, 5) is 38.0. The highest BCUT2D eigenvalue weighted by atomic mass is 16.5. The number of rotatable bonds is 6. The van der Waals surface area contributed by atoms with Crippen LogP contribution in [0.3, 0.4) is 0 Å². The van der Waals surface area contributed by atoms with Gasteiger partial charge in [0.25, 0.3) is 11.8 Å². The Morgan fingerprint density at radius 3 is 2.24 bits per heavy atom. The lowest BCUT2D eigenvalue weighted by atomic mass is 10.1. The number of benzene rings is 1. The fourth-order valence-corrected chi connectivity index (χ4v) is 2.29. The SMILES string of the molecule is C=CCOc1ccc(C=C2C(=O)N(C)C(=O)N(C)C2=O)cc1OCC. The molecule has 1 fully saturated rings.